The van der Waals surface area contributed by atoms with Crippen LogP contribution in [0.25, 0.3) is 0 Å². The number of rotatable bonds is 6. The monoisotopic (exact) mass is 310 g/mol. The number of hydrogen-bond donors (Lipinski definition) is 1. The SMILES string of the molecule is COc1ccc(CC(C#N)C(=O)Nc2ccccc2OC)cc1. The van der Waals surface area contributed by atoms with E-state index in [-0.39, 0.29) is 5.91 Å². The van der Waals surface area contributed by atoms with Crippen LogP contribution in [-0.4, -0.2) is 20.1 Å². The molecule has 2 rings (SSSR count). The van der Waals surface area contributed by atoms with E-state index in [1.165, 1.54) is 7.11 Å². The summed E-state index contributed by atoms with van der Waals surface area (Å²) in [5, 5.41) is 12.0. The van der Waals surface area contributed by atoms with Gasteiger partial charge in [0.1, 0.15) is 17.4 Å². The molecule has 0 aliphatic heterocycles. The zero-order valence-electron chi connectivity index (χ0n) is 13.1. The summed E-state index contributed by atoms with van der Waals surface area (Å²) in [5.74, 6) is 0.156. The number of nitriles is 1. The third kappa shape index (κ3) is 4.24. The van der Waals surface area contributed by atoms with Crippen LogP contribution < -0.4 is 14.8 Å². The fourth-order valence-electron chi connectivity index (χ4n) is 2.16. The molecule has 0 radical (unpaired) electrons. The molecule has 0 aliphatic rings. The summed E-state index contributed by atoms with van der Waals surface area (Å²) in [6.45, 7) is 0. The summed E-state index contributed by atoms with van der Waals surface area (Å²) < 4.78 is 10.3. The van der Waals surface area contributed by atoms with E-state index in [2.05, 4.69) is 11.4 Å². The van der Waals surface area contributed by atoms with E-state index in [0.29, 0.717) is 17.9 Å². The van der Waals surface area contributed by atoms with Crippen LogP contribution in [0.2, 0.25) is 0 Å². The predicted molar refractivity (Wildman–Crippen MR) is 87.4 cm³/mol. The van der Waals surface area contributed by atoms with Gasteiger partial charge in [-0.1, -0.05) is 24.3 Å². The molecule has 0 bridgehead atoms. The molecule has 0 spiro atoms. The summed E-state index contributed by atoms with van der Waals surface area (Å²) in [4.78, 5) is 12.3. The van der Waals surface area contributed by atoms with Crippen LogP contribution in [0, 0.1) is 17.2 Å². The largest absolute Gasteiger partial charge is 0.497 e. The van der Waals surface area contributed by atoms with Crippen LogP contribution in [-0.2, 0) is 11.2 Å². The van der Waals surface area contributed by atoms with E-state index in [4.69, 9.17) is 9.47 Å². The van der Waals surface area contributed by atoms with Crippen LogP contribution in [0.5, 0.6) is 11.5 Å². The maximum atomic E-state index is 12.3. The zero-order valence-corrected chi connectivity index (χ0v) is 13.1. The van der Waals surface area contributed by atoms with Gasteiger partial charge in [0.15, 0.2) is 0 Å². The van der Waals surface area contributed by atoms with E-state index < -0.39 is 5.92 Å². The molecule has 0 saturated carbocycles. The van der Waals surface area contributed by atoms with Crippen molar-refractivity contribution in [2.75, 3.05) is 19.5 Å². The van der Waals surface area contributed by atoms with E-state index >= 15 is 0 Å². The Morgan fingerprint density at radius 1 is 1.13 bits per heavy atom. The van der Waals surface area contributed by atoms with Gasteiger partial charge in [0.2, 0.25) is 5.91 Å². The second-order valence-corrected chi connectivity index (χ2v) is 4.92. The molecular weight excluding hydrogens is 292 g/mol. The number of nitrogens with one attached hydrogen (secondary N) is 1. The van der Waals surface area contributed by atoms with Crippen LogP contribution in [0.3, 0.4) is 0 Å². The van der Waals surface area contributed by atoms with Crippen molar-refractivity contribution < 1.29 is 14.3 Å². The number of anilines is 1. The average molecular weight is 310 g/mol. The Morgan fingerprint density at radius 2 is 1.83 bits per heavy atom. The van der Waals surface area contributed by atoms with Gasteiger partial charge in [-0.2, -0.15) is 5.26 Å². The van der Waals surface area contributed by atoms with Crippen molar-refractivity contribution in [3.8, 4) is 17.6 Å². The van der Waals surface area contributed by atoms with Gasteiger partial charge < -0.3 is 14.8 Å². The molecule has 1 N–H and O–H groups in total. The third-order valence-electron chi connectivity index (χ3n) is 3.44. The molecule has 0 aliphatic carbocycles. The van der Waals surface area contributed by atoms with Gasteiger partial charge in [0.05, 0.1) is 26.0 Å². The molecule has 5 heteroatoms. The molecule has 1 amide bonds. The van der Waals surface area contributed by atoms with Crippen LogP contribution >= 0.6 is 0 Å². The Bertz CT molecular complexity index is 705. The summed E-state index contributed by atoms with van der Waals surface area (Å²) >= 11 is 0. The maximum Gasteiger partial charge on any atom is 0.242 e. The van der Waals surface area contributed by atoms with Gasteiger partial charge in [-0.15, -0.1) is 0 Å². The summed E-state index contributed by atoms with van der Waals surface area (Å²) in [6, 6.07) is 16.5. The molecule has 2 aromatic carbocycles. The first-order valence-electron chi connectivity index (χ1n) is 7.14. The number of hydrogen-bond acceptors (Lipinski definition) is 4. The topological polar surface area (TPSA) is 71.3 Å². The highest BCUT2D eigenvalue weighted by molar-refractivity contribution is 5.95. The lowest BCUT2D eigenvalue weighted by Gasteiger charge is -2.13. The number of nitrogens with zero attached hydrogens (tertiary/aromatic N) is 1. The van der Waals surface area contributed by atoms with Crippen molar-refractivity contribution in [3.05, 3.63) is 54.1 Å². The lowest BCUT2D eigenvalue weighted by Crippen LogP contribution is -2.23. The van der Waals surface area contributed by atoms with Crippen molar-refractivity contribution in [1.29, 1.82) is 5.26 Å². The third-order valence-corrected chi connectivity index (χ3v) is 3.44. The smallest absolute Gasteiger partial charge is 0.242 e. The highest BCUT2D eigenvalue weighted by Gasteiger charge is 2.19. The Morgan fingerprint density at radius 3 is 2.43 bits per heavy atom. The number of benzene rings is 2. The molecule has 1 atom stereocenters. The number of ether oxygens (including phenoxy) is 2. The minimum absolute atomic E-state index is 0.335. The minimum Gasteiger partial charge on any atom is -0.497 e. The normalized spacial score (nSPS) is 11.2. The summed E-state index contributed by atoms with van der Waals surface area (Å²) in [7, 11) is 3.12. The van der Waals surface area contributed by atoms with Gasteiger partial charge in [0, 0.05) is 0 Å². The van der Waals surface area contributed by atoms with Gasteiger partial charge in [0.25, 0.3) is 0 Å². The van der Waals surface area contributed by atoms with E-state index in [0.717, 1.165) is 11.3 Å². The van der Waals surface area contributed by atoms with Gasteiger partial charge in [-0.3, -0.25) is 4.79 Å². The minimum atomic E-state index is -0.784. The lowest BCUT2D eigenvalue weighted by atomic mass is 9.99. The molecule has 118 valence electrons. The molecule has 0 heterocycles. The Kier molecular flexibility index (Phi) is 5.59. The highest BCUT2D eigenvalue weighted by atomic mass is 16.5. The van der Waals surface area contributed by atoms with Gasteiger partial charge >= 0.3 is 0 Å². The van der Waals surface area contributed by atoms with Crippen molar-refractivity contribution >= 4 is 11.6 Å². The fourth-order valence-corrected chi connectivity index (χ4v) is 2.16. The van der Waals surface area contributed by atoms with Crippen molar-refractivity contribution in [2.45, 2.75) is 6.42 Å². The standard InChI is InChI=1S/C18H18N2O3/c1-22-15-9-7-13(8-10-15)11-14(12-19)18(21)20-16-5-3-4-6-17(16)23-2/h3-10,14H,11H2,1-2H3,(H,20,21). The van der Waals surface area contributed by atoms with E-state index in [1.54, 1.807) is 25.3 Å². The van der Waals surface area contributed by atoms with Gasteiger partial charge in [-0.05, 0) is 36.2 Å². The molecule has 1 unspecified atom stereocenters. The molecule has 23 heavy (non-hydrogen) atoms. The van der Waals surface area contributed by atoms with Crippen molar-refractivity contribution in [2.24, 2.45) is 5.92 Å². The van der Waals surface area contributed by atoms with Crippen molar-refractivity contribution in [1.82, 2.24) is 0 Å². The molecule has 0 aromatic heterocycles. The lowest BCUT2D eigenvalue weighted by molar-refractivity contribution is -0.118. The summed E-state index contributed by atoms with van der Waals surface area (Å²) in [6.07, 6.45) is 0.335. The predicted octanol–water partition coefficient (Wildman–Crippen LogP) is 3.02. The van der Waals surface area contributed by atoms with Crippen LogP contribution in [0.15, 0.2) is 48.5 Å². The molecule has 0 fully saturated rings. The Balaban J connectivity index is 2.07. The second kappa shape index (κ2) is 7.85. The molecule has 0 saturated heterocycles. The highest BCUT2D eigenvalue weighted by Crippen LogP contribution is 2.24. The summed E-state index contributed by atoms with van der Waals surface area (Å²) in [5.41, 5.74) is 1.45. The number of carbonyl (C=O) groups is 1. The second-order valence-electron chi connectivity index (χ2n) is 4.92. The number of amides is 1. The van der Waals surface area contributed by atoms with Crippen LogP contribution in [0.4, 0.5) is 5.69 Å². The maximum absolute atomic E-state index is 12.3. The quantitative estimate of drug-likeness (QED) is 0.890. The Labute approximate surface area is 135 Å². The first-order chi connectivity index (χ1) is 11.2. The zero-order chi connectivity index (χ0) is 16.7. The average Bonchev–Trinajstić information content (AvgIpc) is 2.60. The van der Waals surface area contributed by atoms with Crippen LogP contribution in [0.1, 0.15) is 5.56 Å². The number of methoxy groups -OCH3 is 2. The number of para-hydroxylation sites is 2. The molecule has 5 nitrogen and oxygen atoms in total. The number of carbonyl (C=O) groups excluding carboxylic acids is 1. The molecular formula is C18H18N2O3. The first-order valence-corrected chi connectivity index (χ1v) is 7.14. The van der Waals surface area contributed by atoms with Gasteiger partial charge in [-0.25, -0.2) is 0 Å². The Hall–Kier alpha value is -3.00. The van der Waals surface area contributed by atoms with E-state index in [1.807, 2.05) is 30.3 Å². The first kappa shape index (κ1) is 16.4. The van der Waals surface area contributed by atoms with E-state index in [9.17, 15) is 10.1 Å². The van der Waals surface area contributed by atoms with Crippen molar-refractivity contribution in [3.63, 3.8) is 0 Å². The molecule has 2 aromatic rings. The fraction of sp³-hybridized carbons (Fsp3) is 0.222.